The van der Waals surface area contributed by atoms with Gasteiger partial charge in [0.2, 0.25) is 0 Å². The molecule has 1 aromatic carbocycles. The van der Waals surface area contributed by atoms with Gasteiger partial charge in [0, 0.05) is 17.1 Å². The van der Waals surface area contributed by atoms with Crippen LogP contribution in [0, 0.1) is 13.8 Å². The Morgan fingerprint density at radius 3 is 2.80 bits per heavy atom. The van der Waals surface area contributed by atoms with Crippen molar-refractivity contribution in [3.8, 4) is 11.3 Å². The molecule has 0 saturated carbocycles. The van der Waals surface area contributed by atoms with Gasteiger partial charge in [-0.25, -0.2) is 4.98 Å². The molecule has 4 nitrogen and oxygen atoms in total. The van der Waals surface area contributed by atoms with Crippen molar-refractivity contribution in [3.05, 3.63) is 57.2 Å². The monoisotopic (exact) mass is 285 g/mol. The second-order valence-electron chi connectivity index (χ2n) is 4.64. The zero-order valence-electron chi connectivity index (χ0n) is 11.1. The lowest BCUT2D eigenvalue weighted by Gasteiger charge is -2.09. The quantitative estimate of drug-likeness (QED) is 0.746. The topological polar surface area (TPSA) is 58.6 Å². The Balaban J connectivity index is 2.42. The number of benzene rings is 1. The smallest absolute Gasteiger partial charge is 0.270 e. The standard InChI is InChI=1S/C15H12ClN3O/c1-8-5-6-11(10-4-3-7-17-13(8)10)14-12(16)15(20)19-9(2)18-14/h3-7H,1-2H3,(H,18,19,20). The van der Waals surface area contributed by atoms with Crippen molar-refractivity contribution < 1.29 is 0 Å². The molecule has 0 unspecified atom stereocenters. The molecule has 0 amide bonds. The molecule has 0 atom stereocenters. The lowest BCUT2D eigenvalue weighted by molar-refractivity contribution is 1.02. The molecular formula is C15H12ClN3O. The van der Waals surface area contributed by atoms with Crippen LogP contribution in [-0.4, -0.2) is 15.0 Å². The van der Waals surface area contributed by atoms with Crippen molar-refractivity contribution in [1.29, 1.82) is 0 Å². The third kappa shape index (κ3) is 1.98. The zero-order chi connectivity index (χ0) is 14.3. The molecule has 0 aliphatic heterocycles. The lowest BCUT2D eigenvalue weighted by atomic mass is 10.0. The Hall–Kier alpha value is -2.20. The maximum Gasteiger partial charge on any atom is 0.270 e. The molecule has 1 N–H and O–H groups in total. The van der Waals surface area contributed by atoms with E-state index in [0.717, 1.165) is 22.0 Å². The molecule has 100 valence electrons. The number of hydrogen-bond acceptors (Lipinski definition) is 3. The third-order valence-corrected chi connectivity index (χ3v) is 3.56. The van der Waals surface area contributed by atoms with Crippen molar-refractivity contribution in [3.63, 3.8) is 0 Å². The molecule has 3 aromatic rings. The van der Waals surface area contributed by atoms with Crippen LogP contribution < -0.4 is 5.56 Å². The van der Waals surface area contributed by atoms with E-state index in [1.165, 1.54) is 0 Å². The minimum absolute atomic E-state index is 0.101. The van der Waals surface area contributed by atoms with Crippen LogP contribution in [-0.2, 0) is 0 Å². The van der Waals surface area contributed by atoms with E-state index in [2.05, 4.69) is 15.0 Å². The van der Waals surface area contributed by atoms with Gasteiger partial charge in [0.25, 0.3) is 5.56 Å². The minimum atomic E-state index is -0.327. The Morgan fingerprint density at radius 1 is 1.20 bits per heavy atom. The molecule has 0 fully saturated rings. The average molecular weight is 286 g/mol. The molecule has 0 aliphatic carbocycles. The number of rotatable bonds is 1. The third-order valence-electron chi connectivity index (χ3n) is 3.21. The van der Waals surface area contributed by atoms with Gasteiger partial charge in [0.15, 0.2) is 0 Å². The number of halogens is 1. The highest BCUT2D eigenvalue weighted by Crippen LogP contribution is 2.31. The predicted molar refractivity (Wildman–Crippen MR) is 80.1 cm³/mol. The summed E-state index contributed by atoms with van der Waals surface area (Å²) in [6, 6.07) is 7.70. The second kappa shape index (κ2) is 4.72. The van der Waals surface area contributed by atoms with E-state index in [9.17, 15) is 4.79 Å². The van der Waals surface area contributed by atoms with E-state index in [4.69, 9.17) is 11.6 Å². The van der Waals surface area contributed by atoms with Crippen LogP contribution >= 0.6 is 11.6 Å². The summed E-state index contributed by atoms with van der Waals surface area (Å²) < 4.78 is 0. The average Bonchev–Trinajstić information content (AvgIpc) is 2.44. The first-order valence-corrected chi connectivity index (χ1v) is 6.57. The summed E-state index contributed by atoms with van der Waals surface area (Å²) in [5, 5.41) is 1.04. The first-order chi connectivity index (χ1) is 9.58. The number of pyridine rings is 1. The van der Waals surface area contributed by atoms with Crippen molar-refractivity contribution in [2.45, 2.75) is 13.8 Å². The van der Waals surface area contributed by atoms with E-state index in [-0.39, 0.29) is 10.6 Å². The number of aromatic amines is 1. The number of aromatic nitrogens is 3. The van der Waals surface area contributed by atoms with Gasteiger partial charge >= 0.3 is 0 Å². The van der Waals surface area contributed by atoms with Gasteiger partial charge < -0.3 is 4.98 Å². The van der Waals surface area contributed by atoms with Gasteiger partial charge in [-0.15, -0.1) is 0 Å². The highest BCUT2D eigenvalue weighted by molar-refractivity contribution is 6.33. The molecule has 3 rings (SSSR count). The number of nitrogens with one attached hydrogen (secondary N) is 1. The SMILES string of the molecule is Cc1nc(-c2ccc(C)c3ncccc23)c(Cl)c(=O)[nH]1. The Bertz CT molecular complexity index is 871. The molecule has 5 heteroatoms. The van der Waals surface area contributed by atoms with Crippen molar-refractivity contribution >= 4 is 22.5 Å². The summed E-state index contributed by atoms with van der Waals surface area (Å²) in [4.78, 5) is 23.1. The van der Waals surface area contributed by atoms with Crippen LogP contribution in [0.5, 0.6) is 0 Å². The van der Waals surface area contributed by atoms with E-state index in [0.29, 0.717) is 11.5 Å². The Kier molecular flexibility index (Phi) is 3.03. The van der Waals surface area contributed by atoms with Crippen molar-refractivity contribution in [1.82, 2.24) is 15.0 Å². The number of hydrogen-bond donors (Lipinski definition) is 1. The fourth-order valence-corrected chi connectivity index (χ4v) is 2.46. The van der Waals surface area contributed by atoms with Gasteiger partial charge in [0.05, 0.1) is 11.2 Å². The molecule has 0 saturated heterocycles. The van der Waals surface area contributed by atoms with Crippen LogP contribution in [0.15, 0.2) is 35.3 Å². The van der Waals surface area contributed by atoms with Gasteiger partial charge in [-0.05, 0) is 25.5 Å². The number of aryl methyl sites for hydroxylation is 2. The number of nitrogens with zero attached hydrogens (tertiary/aromatic N) is 2. The number of fused-ring (bicyclic) bond motifs is 1. The highest BCUT2D eigenvalue weighted by atomic mass is 35.5. The first-order valence-electron chi connectivity index (χ1n) is 6.19. The van der Waals surface area contributed by atoms with Crippen LogP contribution in [0.4, 0.5) is 0 Å². The molecule has 20 heavy (non-hydrogen) atoms. The Morgan fingerprint density at radius 2 is 2.00 bits per heavy atom. The predicted octanol–water partition coefficient (Wildman–Crippen LogP) is 3.26. The first kappa shape index (κ1) is 12.8. The number of H-pyrrole nitrogens is 1. The maximum absolute atomic E-state index is 11.8. The van der Waals surface area contributed by atoms with Gasteiger partial charge in [-0.1, -0.05) is 29.8 Å². The maximum atomic E-state index is 11.8. The van der Waals surface area contributed by atoms with Crippen LogP contribution in [0.1, 0.15) is 11.4 Å². The fourth-order valence-electron chi connectivity index (χ4n) is 2.27. The summed E-state index contributed by atoms with van der Waals surface area (Å²) in [7, 11) is 0. The van der Waals surface area contributed by atoms with Crippen molar-refractivity contribution in [2.24, 2.45) is 0 Å². The van der Waals surface area contributed by atoms with E-state index >= 15 is 0 Å². The van der Waals surface area contributed by atoms with E-state index < -0.39 is 0 Å². The molecule has 2 aromatic heterocycles. The molecule has 0 radical (unpaired) electrons. The molecule has 0 aliphatic rings. The van der Waals surface area contributed by atoms with Crippen molar-refractivity contribution in [2.75, 3.05) is 0 Å². The van der Waals surface area contributed by atoms with Crippen LogP contribution in [0.3, 0.4) is 0 Å². The summed E-state index contributed by atoms with van der Waals surface area (Å²) in [6.07, 6.45) is 1.75. The molecular weight excluding hydrogens is 274 g/mol. The van der Waals surface area contributed by atoms with E-state index in [1.807, 2.05) is 31.2 Å². The fraction of sp³-hybridized carbons (Fsp3) is 0.133. The minimum Gasteiger partial charge on any atom is -0.309 e. The summed E-state index contributed by atoms with van der Waals surface area (Å²) in [5.41, 5.74) is 2.94. The summed E-state index contributed by atoms with van der Waals surface area (Å²) in [6.45, 7) is 3.73. The summed E-state index contributed by atoms with van der Waals surface area (Å²) in [5.74, 6) is 0.534. The largest absolute Gasteiger partial charge is 0.309 e. The highest BCUT2D eigenvalue weighted by Gasteiger charge is 2.14. The summed E-state index contributed by atoms with van der Waals surface area (Å²) >= 11 is 6.11. The zero-order valence-corrected chi connectivity index (χ0v) is 11.8. The van der Waals surface area contributed by atoms with Gasteiger partial charge in [0.1, 0.15) is 10.8 Å². The lowest BCUT2D eigenvalue weighted by Crippen LogP contribution is -2.11. The Labute approximate surface area is 120 Å². The van der Waals surface area contributed by atoms with Gasteiger partial charge in [-0.2, -0.15) is 0 Å². The molecule has 0 spiro atoms. The molecule has 0 bridgehead atoms. The van der Waals surface area contributed by atoms with Crippen LogP contribution in [0.25, 0.3) is 22.2 Å². The molecule has 2 heterocycles. The normalized spacial score (nSPS) is 10.9. The van der Waals surface area contributed by atoms with Crippen LogP contribution in [0.2, 0.25) is 5.02 Å². The van der Waals surface area contributed by atoms with E-state index in [1.54, 1.807) is 13.1 Å². The van der Waals surface area contributed by atoms with Gasteiger partial charge in [-0.3, -0.25) is 9.78 Å². The second-order valence-corrected chi connectivity index (χ2v) is 5.02.